The van der Waals surface area contributed by atoms with E-state index in [9.17, 15) is 0 Å². The van der Waals surface area contributed by atoms with Crippen molar-refractivity contribution < 1.29 is 4.74 Å². The molecule has 0 bridgehead atoms. The summed E-state index contributed by atoms with van der Waals surface area (Å²) in [4.78, 5) is 8.47. The molecule has 0 aliphatic carbocycles. The van der Waals surface area contributed by atoms with Crippen LogP contribution in [-0.4, -0.2) is 17.1 Å². The van der Waals surface area contributed by atoms with E-state index in [1.54, 1.807) is 7.11 Å². The number of nitrogens with two attached hydrogens (primary N) is 1. The second-order valence-corrected chi connectivity index (χ2v) is 5.27. The summed E-state index contributed by atoms with van der Waals surface area (Å²) < 4.78 is 6.17. The molecule has 7 heteroatoms. The highest BCUT2D eigenvalue weighted by Gasteiger charge is 2.12. The zero-order chi connectivity index (χ0) is 15.2. The monoisotopic (exact) mass is 351 g/mol. The van der Waals surface area contributed by atoms with Crippen molar-refractivity contribution in [2.45, 2.75) is 19.8 Å². The van der Waals surface area contributed by atoms with Gasteiger partial charge in [-0.25, -0.2) is 15.8 Å². The molecule has 0 atom stereocenters. The van der Waals surface area contributed by atoms with Crippen LogP contribution in [0.25, 0.3) is 0 Å². The van der Waals surface area contributed by atoms with E-state index in [2.05, 4.69) is 43.6 Å². The Bertz CT molecular complexity index is 620. The van der Waals surface area contributed by atoms with Gasteiger partial charge in [-0.2, -0.15) is 0 Å². The molecule has 21 heavy (non-hydrogen) atoms. The Morgan fingerprint density at radius 2 is 2.05 bits per heavy atom. The Balaban J connectivity index is 2.39. The summed E-state index contributed by atoms with van der Waals surface area (Å²) >= 11 is 3.51. The molecule has 2 rings (SSSR count). The maximum absolute atomic E-state index is 5.52. The Kier molecular flexibility index (Phi) is 5.35. The van der Waals surface area contributed by atoms with Gasteiger partial charge in [0.2, 0.25) is 0 Å². The molecule has 0 aliphatic heterocycles. The quantitative estimate of drug-likeness (QED) is 0.547. The molecule has 0 saturated carbocycles. The summed E-state index contributed by atoms with van der Waals surface area (Å²) in [6, 6.07) is 5.70. The standard InChI is InChI=1S/C14H18BrN5O/c1-3-4-10-13(17-8-18-14(10)20-16)19-12-7-9(21-2)5-6-11(12)15/h5-8H,3-4,16H2,1-2H3,(H2,17,18,19,20). The van der Waals surface area contributed by atoms with E-state index in [1.165, 1.54) is 6.33 Å². The van der Waals surface area contributed by atoms with E-state index in [0.717, 1.165) is 40.1 Å². The Morgan fingerprint density at radius 1 is 1.29 bits per heavy atom. The van der Waals surface area contributed by atoms with Crippen LogP contribution < -0.4 is 21.3 Å². The maximum Gasteiger partial charge on any atom is 0.148 e. The van der Waals surface area contributed by atoms with Crippen LogP contribution in [0, 0.1) is 0 Å². The largest absolute Gasteiger partial charge is 0.497 e. The maximum atomic E-state index is 5.52. The average molecular weight is 352 g/mol. The molecule has 1 aromatic heterocycles. The number of halogens is 1. The van der Waals surface area contributed by atoms with E-state index in [4.69, 9.17) is 10.6 Å². The van der Waals surface area contributed by atoms with Crippen molar-refractivity contribution in [3.8, 4) is 5.75 Å². The van der Waals surface area contributed by atoms with Crippen LogP contribution in [0.3, 0.4) is 0 Å². The molecule has 0 aliphatic rings. The first-order valence-corrected chi connectivity index (χ1v) is 7.40. The van der Waals surface area contributed by atoms with Crippen LogP contribution in [0.4, 0.5) is 17.3 Å². The molecule has 0 radical (unpaired) electrons. The third kappa shape index (κ3) is 3.62. The first-order chi connectivity index (χ1) is 10.2. The molecular formula is C14H18BrN5O. The minimum Gasteiger partial charge on any atom is -0.497 e. The van der Waals surface area contributed by atoms with Crippen LogP contribution in [0.2, 0.25) is 0 Å². The Labute approximate surface area is 132 Å². The molecule has 2 aromatic rings. The summed E-state index contributed by atoms with van der Waals surface area (Å²) in [5.41, 5.74) is 4.44. The zero-order valence-electron chi connectivity index (χ0n) is 12.0. The van der Waals surface area contributed by atoms with Gasteiger partial charge in [0.25, 0.3) is 0 Å². The molecule has 0 spiro atoms. The number of benzene rings is 1. The molecule has 0 amide bonds. The summed E-state index contributed by atoms with van der Waals surface area (Å²) in [7, 11) is 1.64. The number of anilines is 3. The van der Waals surface area contributed by atoms with Crippen molar-refractivity contribution in [3.63, 3.8) is 0 Å². The number of hydrazine groups is 1. The van der Waals surface area contributed by atoms with E-state index in [-0.39, 0.29) is 0 Å². The van der Waals surface area contributed by atoms with Crippen LogP contribution in [0.5, 0.6) is 5.75 Å². The SMILES string of the molecule is CCCc1c(NN)ncnc1Nc1cc(OC)ccc1Br. The second kappa shape index (κ2) is 7.24. The number of hydrogen-bond acceptors (Lipinski definition) is 6. The van der Waals surface area contributed by atoms with Crippen molar-refractivity contribution in [1.82, 2.24) is 9.97 Å². The van der Waals surface area contributed by atoms with Gasteiger partial charge in [-0.15, -0.1) is 0 Å². The number of nitrogens with one attached hydrogen (secondary N) is 2. The lowest BCUT2D eigenvalue weighted by Crippen LogP contribution is -2.13. The Hall–Kier alpha value is -1.86. The van der Waals surface area contributed by atoms with Crippen molar-refractivity contribution >= 4 is 33.3 Å². The van der Waals surface area contributed by atoms with Gasteiger partial charge in [-0.1, -0.05) is 13.3 Å². The fraction of sp³-hybridized carbons (Fsp3) is 0.286. The highest BCUT2D eigenvalue weighted by molar-refractivity contribution is 9.10. The summed E-state index contributed by atoms with van der Waals surface area (Å²) in [5.74, 6) is 7.65. The van der Waals surface area contributed by atoms with Gasteiger partial charge in [0.15, 0.2) is 0 Å². The average Bonchev–Trinajstić information content (AvgIpc) is 2.51. The van der Waals surface area contributed by atoms with Crippen molar-refractivity contribution in [2.24, 2.45) is 5.84 Å². The normalized spacial score (nSPS) is 10.3. The molecule has 6 nitrogen and oxygen atoms in total. The van der Waals surface area contributed by atoms with Gasteiger partial charge >= 0.3 is 0 Å². The molecule has 112 valence electrons. The highest BCUT2D eigenvalue weighted by atomic mass is 79.9. The van der Waals surface area contributed by atoms with Crippen molar-refractivity contribution in [2.75, 3.05) is 17.9 Å². The Morgan fingerprint density at radius 3 is 2.71 bits per heavy atom. The molecule has 0 saturated heterocycles. The van der Waals surface area contributed by atoms with E-state index in [1.807, 2.05) is 18.2 Å². The number of hydrogen-bond donors (Lipinski definition) is 3. The first-order valence-electron chi connectivity index (χ1n) is 6.60. The van der Waals surface area contributed by atoms with Gasteiger partial charge in [0, 0.05) is 16.1 Å². The van der Waals surface area contributed by atoms with Gasteiger partial charge < -0.3 is 15.5 Å². The molecule has 1 heterocycles. The molecular weight excluding hydrogens is 334 g/mol. The highest BCUT2D eigenvalue weighted by Crippen LogP contribution is 2.31. The lowest BCUT2D eigenvalue weighted by Gasteiger charge is -2.15. The number of ether oxygens (including phenoxy) is 1. The zero-order valence-corrected chi connectivity index (χ0v) is 13.6. The van der Waals surface area contributed by atoms with Gasteiger partial charge in [0.05, 0.1) is 12.8 Å². The van der Waals surface area contributed by atoms with Gasteiger partial charge in [-0.3, -0.25) is 0 Å². The molecule has 0 unspecified atom stereocenters. The smallest absolute Gasteiger partial charge is 0.148 e. The van der Waals surface area contributed by atoms with E-state index >= 15 is 0 Å². The van der Waals surface area contributed by atoms with Crippen LogP contribution in [0.15, 0.2) is 29.0 Å². The van der Waals surface area contributed by atoms with Crippen molar-refractivity contribution in [1.29, 1.82) is 0 Å². The predicted molar refractivity (Wildman–Crippen MR) is 87.8 cm³/mol. The number of nitrogens with zero attached hydrogens (tertiary/aromatic N) is 2. The van der Waals surface area contributed by atoms with Gasteiger partial charge in [-0.05, 0) is 34.5 Å². The molecule has 1 aromatic carbocycles. The molecule has 4 N–H and O–H groups in total. The van der Waals surface area contributed by atoms with E-state index < -0.39 is 0 Å². The number of aromatic nitrogens is 2. The van der Waals surface area contributed by atoms with Gasteiger partial charge in [0.1, 0.15) is 23.7 Å². The lowest BCUT2D eigenvalue weighted by atomic mass is 10.1. The number of methoxy groups -OCH3 is 1. The van der Waals surface area contributed by atoms with Crippen molar-refractivity contribution in [3.05, 3.63) is 34.6 Å². The number of nitrogen functional groups attached to an aromatic ring is 1. The minimum absolute atomic E-state index is 0.633. The van der Waals surface area contributed by atoms with E-state index in [0.29, 0.717) is 5.82 Å². The third-order valence-corrected chi connectivity index (χ3v) is 3.70. The fourth-order valence-corrected chi connectivity index (χ4v) is 2.33. The first kappa shape index (κ1) is 15.5. The summed E-state index contributed by atoms with van der Waals surface area (Å²) in [5, 5.41) is 3.30. The minimum atomic E-state index is 0.633. The fourth-order valence-electron chi connectivity index (χ4n) is 1.99. The second-order valence-electron chi connectivity index (χ2n) is 4.41. The van der Waals surface area contributed by atoms with Crippen LogP contribution >= 0.6 is 15.9 Å². The lowest BCUT2D eigenvalue weighted by molar-refractivity contribution is 0.415. The third-order valence-electron chi connectivity index (χ3n) is 3.01. The topological polar surface area (TPSA) is 85.1 Å². The molecule has 0 fully saturated rings. The summed E-state index contributed by atoms with van der Waals surface area (Å²) in [6.45, 7) is 2.10. The van der Waals surface area contributed by atoms with Crippen LogP contribution in [0.1, 0.15) is 18.9 Å². The summed E-state index contributed by atoms with van der Waals surface area (Å²) in [6.07, 6.45) is 3.27. The number of rotatable bonds is 6. The predicted octanol–water partition coefficient (Wildman–Crippen LogP) is 3.23. The van der Waals surface area contributed by atoms with Crippen LogP contribution in [-0.2, 0) is 6.42 Å².